The fourth-order valence-corrected chi connectivity index (χ4v) is 3.09. The van der Waals surface area contributed by atoms with Crippen molar-refractivity contribution in [1.82, 2.24) is 19.5 Å². The fourth-order valence-electron chi connectivity index (χ4n) is 2.36. The van der Waals surface area contributed by atoms with Gasteiger partial charge in [0.05, 0.1) is 35.7 Å². The first-order valence-corrected chi connectivity index (χ1v) is 8.01. The molecule has 1 aromatic carbocycles. The number of nitrogens with zero attached hydrogens (tertiary/aromatic N) is 5. The number of benzene rings is 1. The van der Waals surface area contributed by atoms with Gasteiger partial charge in [-0.2, -0.15) is 0 Å². The van der Waals surface area contributed by atoms with Crippen LogP contribution in [0.1, 0.15) is 11.4 Å². The molecule has 3 rings (SSSR count). The summed E-state index contributed by atoms with van der Waals surface area (Å²) < 4.78 is 9.06. The van der Waals surface area contributed by atoms with Crippen LogP contribution in [0.5, 0.6) is 0 Å². The lowest BCUT2D eigenvalue weighted by atomic mass is 9.94. The molecule has 0 N–H and O–H groups in total. The van der Waals surface area contributed by atoms with E-state index in [1.54, 1.807) is 13.4 Å². The Morgan fingerprint density at radius 3 is 2.91 bits per heavy atom. The molecule has 8 heteroatoms. The third-order valence-electron chi connectivity index (χ3n) is 3.33. The van der Waals surface area contributed by atoms with Crippen molar-refractivity contribution in [3.63, 3.8) is 0 Å². The first kappa shape index (κ1) is 16.2. The molecule has 0 aliphatic heterocycles. The molecule has 0 amide bonds. The second kappa shape index (κ2) is 6.83. The lowest BCUT2D eigenvalue weighted by Crippen LogP contribution is -2.14. The Balaban J connectivity index is 1.98. The van der Waals surface area contributed by atoms with Crippen LogP contribution in [-0.2, 0) is 18.0 Å². The molecule has 3 aromatic rings. The Hall–Kier alpha value is -1.68. The van der Waals surface area contributed by atoms with Gasteiger partial charge in [0.1, 0.15) is 20.4 Å². The van der Waals surface area contributed by atoms with Crippen molar-refractivity contribution < 1.29 is 4.74 Å². The van der Waals surface area contributed by atoms with Crippen molar-refractivity contribution in [3.05, 3.63) is 42.0 Å². The van der Waals surface area contributed by atoms with Crippen LogP contribution in [-0.4, -0.2) is 34.5 Å². The molecule has 23 heavy (non-hydrogen) atoms. The quantitative estimate of drug-likeness (QED) is 0.360. The minimum Gasteiger partial charge on any atom is -0.364 e. The zero-order valence-electron chi connectivity index (χ0n) is 12.9. The Morgan fingerprint density at radius 2 is 2.17 bits per heavy atom. The maximum atomic E-state index is 5.85. The molecule has 0 saturated carbocycles. The highest BCUT2D eigenvalue weighted by Gasteiger charge is 2.16. The van der Waals surface area contributed by atoms with Crippen LogP contribution in [0, 0.1) is 6.92 Å². The van der Waals surface area contributed by atoms with Crippen LogP contribution in [0.2, 0.25) is 0 Å². The van der Waals surface area contributed by atoms with Gasteiger partial charge < -0.3 is 4.74 Å². The van der Waals surface area contributed by atoms with Gasteiger partial charge in [-0.1, -0.05) is 29.7 Å². The average molecular weight is 419 g/mol. The summed E-state index contributed by atoms with van der Waals surface area (Å²) in [5.74, 6) is 1.48. The zero-order chi connectivity index (χ0) is 16.4. The second-order valence-corrected chi connectivity index (χ2v) is 6.33. The third-order valence-corrected chi connectivity index (χ3v) is 4.13. The van der Waals surface area contributed by atoms with Crippen molar-refractivity contribution in [2.75, 3.05) is 10.2 Å². The average Bonchev–Trinajstić information content (AvgIpc) is 2.90. The van der Waals surface area contributed by atoms with Crippen molar-refractivity contribution in [2.45, 2.75) is 20.2 Å². The Kier molecular flexibility index (Phi) is 4.81. The van der Waals surface area contributed by atoms with Crippen LogP contribution in [0.25, 0.3) is 11.2 Å². The highest BCUT2D eigenvalue weighted by molar-refractivity contribution is 14.1. The number of rotatable bonds is 5. The number of halogens is 1. The summed E-state index contributed by atoms with van der Waals surface area (Å²) in [6.45, 7) is 2.95. The van der Waals surface area contributed by atoms with Crippen molar-refractivity contribution in [2.24, 2.45) is 0 Å². The maximum Gasteiger partial charge on any atom is 0.169 e. The van der Waals surface area contributed by atoms with Gasteiger partial charge in [0.15, 0.2) is 17.0 Å². The molecule has 0 fully saturated rings. The first-order valence-electron chi connectivity index (χ1n) is 7.04. The summed E-state index contributed by atoms with van der Waals surface area (Å²) >= 11 is 2.24. The van der Waals surface area contributed by atoms with Crippen molar-refractivity contribution >= 4 is 53.2 Å². The highest BCUT2D eigenvalue weighted by atomic mass is 127. The van der Waals surface area contributed by atoms with E-state index in [0.717, 1.165) is 28.0 Å². The number of anilines is 1. The van der Waals surface area contributed by atoms with Crippen molar-refractivity contribution in [3.8, 4) is 0 Å². The maximum absolute atomic E-state index is 5.85. The lowest BCUT2D eigenvalue weighted by molar-refractivity contribution is 0.134. The number of imidazole rings is 1. The van der Waals surface area contributed by atoms with E-state index < -0.39 is 0 Å². The minimum absolute atomic E-state index is 0.406. The van der Waals surface area contributed by atoms with E-state index in [9.17, 15) is 0 Å². The molecular formula is C15H15BIN5O. The van der Waals surface area contributed by atoms with Crippen LogP contribution < -0.4 is 8.58 Å². The number of ether oxygens (including phenoxy) is 1. The predicted molar refractivity (Wildman–Crippen MR) is 99.1 cm³/mol. The van der Waals surface area contributed by atoms with E-state index in [1.165, 1.54) is 0 Å². The van der Waals surface area contributed by atoms with Crippen LogP contribution in [0.4, 0.5) is 5.82 Å². The van der Waals surface area contributed by atoms with E-state index >= 15 is 0 Å². The number of aryl methyl sites for hydroxylation is 1. The van der Waals surface area contributed by atoms with Gasteiger partial charge >= 0.3 is 0 Å². The van der Waals surface area contributed by atoms with Crippen LogP contribution in [0.3, 0.4) is 0 Å². The first-order chi connectivity index (χ1) is 11.1. The number of hydrogen-bond acceptors (Lipinski definition) is 5. The van der Waals surface area contributed by atoms with Gasteiger partial charge in [0.2, 0.25) is 0 Å². The molecule has 2 heterocycles. The normalized spacial score (nSPS) is 11.1. The second-order valence-electron chi connectivity index (χ2n) is 5.16. The largest absolute Gasteiger partial charge is 0.364 e. The summed E-state index contributed by atoms with van der Waals surface area (Å²) in [7, 11) is 7.49. The van der Waals surface area contributed by atoms with Gasteiger partial charge in [-0.05, 0) is 12.5 Å². The van der Waals surface area contributed by atoms with E-state index in [2.05, 4.69) is 37.8 Å². The van der Waals surface area contributed by atoms with Crippen molar-refractivity contribution in [1.29, 1.82) is 0 Å². The van der Waals surface area contributed by atoms with E-state index in [0.29, 0.717) is 19.1 Å². The Labute approximate surface area is 149 Å². The van der Waals surface area contributed by atoms with Gasteiger partial charge in [-0.3, -0.25) is 7.68 Å². The summed E-state index contributed by atoms with van der Waals surface area (Å²) in [5.41, 5.74) is 3.38. The lowest BCUT2D eigenvalue weighted by Gasteiger charge is -2.17. The molecule has 6 nitrogen and oxygen atoms in total. The molecular weight excluding hydrogens is 404 g/mol. The van der Waals surface area contributed by atoms with Gasteiger partial charge in [-0.25, -0.2) is 15.0 Å². The van der Waals surface area contributed by atoms with Gasteiger partial charge in [0, 0.05) is 7.11 Å². The SMILES string of the molecule is [B]c1cccc(CN(I)c2nc(C)nc3c2ncn3COC)c1. The highest BCUT2D eigenvalue weighted by Crippen LogP contribution is 2.26. The van der Waals surface area contributed by atoms with Gasteiger partial charge in [-0.15, -0.1) is 0 Å². The Bertz CT molecular complexity index is 838. The molecule has 2 radical (unpaired) electrons. The fraction of sp³-hybridized carbons (Fsp3) is 0.267. The standard InChI is InChI=1S/C15H15BIN5O/c1-10-19-14-13(18-8-21(14)9-23-2)15(20-10)22(17)7-11-4-3-5-12(16)6-11/h3-6,8H,7,9H2,1-2H3. The number of methoxy groups -OCH3 is 1. The molecule has 0 aliphatic rings. The van der Waals surface area contributed by atoms with E-state index in [4.69, 9.17) is 12.6 Å². The molecule has 0 unspecified atom stereocenters. The molecule has 0 atom stereocenters. The number of hydrogen-bond donors (Lipinski definition) is 0. The van der Waals surface area contributed by atoms with Crippen LogP contribution in [0.15, 0.2) is 30.6 Å². The molecule has 0 saturated heterocycles. The monoisotopic (exact) mass is 419 g/mol. The topological polar surface area (TPSA) is 56.1 Å². The van der Waals surface area contributed by atoms with E-state index in [-0.39, 0.29) is 0 Å². The third kappa shape index (κ3) is 3.47. The molecule has 0 aliphatic carbocycles. The summed E-state index contributed by atoms with van der Waals surface area (Å²) in [6, 6.07) is 7.82. The number of aromatic nitrogens is 4. The zero-order valence-corrected chi connectivity index (χ0v) is 15.1. The smallest absolute Gasteiger partial charge is 0.169 e. The molecule has 0 spiro atoms. The molecule has 116 valence electrons. The molecule has 0 bridgehead atoms. The minimum atomic E-state index is 0.406. The van der Waals surface area contributed by atoms with Crippen LogP contribution >= 0.6 is 22.9 Å². The van der Waals surface area contributed by atoms with E-state index in [1.807, 2.05) is 38.9 Å². The predicted octanol–water partition coefficient (Wildman–Crippen LogP) is 1.89. The summed E-state index contributed by atoms with van der Waals surface area (Å²) in [6.07, 6.45) is 1.72. The molecule has 2 aromatic heterocycles. The summed E-state index contributed by atoms with van der Waals surface area (Å²) in [5, 5.41) is 0. The van der Waals surface area contributed by atoms with Gasteiger partial charge in [0.25, 0.3) is 0 Å². The Morgan fingerprint density at radius 1 is 1.35 bits per heavy atom. The number of fused-ring (bicyclic) bond motifs is 1. The summed E-state index contributed by atoms with van der Waals surface area (Å²) in [4.78, 5) is 13.5.